The van der Waals surface area contributed by atoms with Crippen LogP contribution in [0.2, 0.25) is 0 Å². The molecule has 4 aromatic rings. The number of nitrogen functional groups attached to an aromatic ring is 1. The number of methoxy groups -OCH3 is 1. The van der Waals surface area contributed by atoms with Crippen LogP contribution in [0.3, 0.4) is 0 Å². The quantitative estimate of drug-likeness (QED) is 0.392. The predicted octanol–water partition coefficient (Wildman–Crippen LogP) is 4.42. The monoisotopic (exact) mass is 476 g/mol. The molecule has 0 aliphatic carbocycles. The van der Waals surface area contributed by atoms with Gasteiger partial charge >= 0.3 is 0 Å². The maximum atomic E-state index is 11.6. The standard InChI is InChI=1S/C26H28N4O3S/c1-30-17-25(28-26(30)27)24(19-10-12-23(33-2)13-11-19)15-18-6-4-7-20(14-18)21-8-5-9-22(16-21)29-34(3,31)32/h4-14,16-17,24,29H,15H2,1-3H3,(H2,27,28). The van der Waals surface area contributed by atoms with E-state index in [2.05, 4.69) is 34.0 Å². The first-order valence-corrected chi connectivity index (χ1v) is 12.7. The number of ether oxygens (including phenoxy) is 1. The molecule has 176 valence electrons. The van der Waals surface area contributed by atoms with Gasteiger partial charge in [0.15, 0.2) is 5.95 Å². The summed E-state index contributed by atoms with van der Waals surface area (Å²) in [4.78, 5) is 4.60. The molecule has 34 heavy (non-hydrogen) atoms. The SMILES string of the molecule is COc1ccc(C(Cc2cccc(-c3cccc(NS(C)(=O)=O)c3)c2)c2cn(C)c(N)n2)cc1. The van der Waals surface area contributed by atoms with Crippen LogP contribution in [-0.2, 0) is 23.5 Å². The molecule has 0 fully saturated rings. The van der Waals surface area contributed by atoms with Gasteiger partial charge in [-0.25, -0.2) is 13.4 Å². The average Bonchev–Trinajstić information content (AvgIpc) is 3.14. The summed E-state index contributed by atoms with van der Waals surface area (Å²) in [7, 11) is 0.188. The molecule has 3 aromatic carbocycles. The molecule has 0 spiro atoms. The number of aryl methyl sites for hydroxylation is 1. The van der Waals surface area contributed by atoms with Crippen LogP contribution in [-0.4, -0.2) is 31.3 Å². The topological polar surface area (TPSA) is 99.2 Å². The third-order valence-electron chi connectivity index (χ3n) is 5.67. The van der Waals surface area contributed by atoms with E-state index in [4.69, 9.17) is 10.5 Å². The minimum absolute atomic E-state index is 0.00268. The minimum atomic E-state index is -3.35. The lowest BCUT2D eigenvalue weighted by molar-refractivity contribution is 0.414. The molecule has 0 bridgehead atoms. The minimum Gasteiger partial charge on any atom is -0.497 e. The van der Waals surface area contributed by atoms with Crippen LogP contribution >= 0.6 is 0 Å². The number of anilines is 2. The third-order valence-corrected chi connectivity index (χ3v) is 6.28. The number of rotatable bonds is 8. The summed E-state index contributed by atoms with van der Waals surface area (Å²) in [6.45, 7) is 0. The number of aromatic nitrogens is 2. The number of benzene rings is 3. The Balaban J connectivity index is 1.67. The summed E-state index contributed by atoms with van der Waals surface area (Å²) in [6.07, 6.45) is 3.83. The maximum absolute atomic E-state index is 11.6. The van der Waals surface area contributed by atoms with Gasteiger partial charge in [-0.05, 0) is 52.9 Å². The van der Waals surface area contributed by atoms with Crippen molar-refractivity contribution < 1.29 is 13.2 Å². The molecule has 0 saturated heterocycles. The lowest BCUT2D eigenvalue weighted by Crippen LogP contribution is -2.09. The van der Waals surface area contributed by atoms with Crippen molar-refractivity contribution in [3.63, 3.8) is 0 Å². The number of imidazole rings is 1. The van der Waals surface area contributed by atoms with Gasteiger partial charge in [0.1, 0.15) is 5.75 Å². The Bertz CT molecular complexity index is 1380. The zero-order chi connectivity index (χ0) is 24.3. The summed E-state index contributed by atoms with van der Waals surface area (Å²) >= 11 is 0. The molecular formula is C26H28N4O3S. The highest BCUT2D eigenvalue weighted by Gasteiger charge is 2.19. The molecule has 0 radical (unpaired) electrons. The second-order valence-corrected chi connectivity index (χ2v) is 10.1. The number of hydrogen-bond donors (Lipinski definition) is 2. The zero-order valence-electron chi connectivity index (χ0n) is 19.4. The second kappa shape index (κ2) is 9.61. The largest absolute Gasteiger partial charge is 0.497 e. The van der Waals surface area contributed by atoms with Crippen molar-refractivity contribution in [1.82, 2.24) is 9.55 Å². The van der Waals surface area contributed by atoms with Crippen molar-refractivity contribution in [2.75, 3.05) is 23.8 Å². The first-order valence-electron chi connectivity index (χ1n) is 10.8. The van der Waals surface area contributed by atoms with Gasteiger partial charge in [-0.1, -0.05) is 48.5 Å². The highest BCUT2D eigenvalue weighted by atomic mass is 32.2. The van der Waals surface area contributed by atoms with Gasteiger partial charge in [-0.3, -0.25) is 4.72 Å². The van der Waals surface area contributed by atoms with E-state index in [1.54, 1.807) is 13.2 Å². The van der Waals surface area contributed by atoms with Crippen molar-refractivity contribution in [2.24, 2.45) is 7.05 Å². The van der Waals surface area contributed by atoms with E-state index in [1.807, 2.05) is 60.3 Å². The normalized spacial score (nSPS) is 12.3. The Kier molecular flexibility index (Phi) is 6.61. The summed E-state index contributed by atoms with van der Waals surface area (Å²) in [5.41, 5.74) is 11.6. The van der Waals surface area contributed by atoms with E-state index in [0.29, 0.717) is 11.6 Å². The lowest BCUT2D eigenvalue weighted by atomic mass is 9.88. The van der Waals surface area contributed by atoms with Crippen LogP contribution in [0.25, 0.3) is 11.1 Å². The fourth-order valence-corrected chi connectivity index (χ4v) is 4.55. The lowest BCUT2D eigenvalue weighted by Gasteiger charge is -2.17. The molecule has 1 atom stereocenters. The molecule has 1 heterocycles. The molecule has 0 aliphatic heterocycles. The fraction of sp³-hybridized carbons (Fsp3) is 0.192. The molecule has 8 heteroatoms. The van der Waals surface area contributed by atoms with Gasteiger partial charge < -0.3 is 15.0 Å². The summed E-state index contributed by atoms with van der Waals surface area (Å²) in [6, 6.07) is 23.6. The smallest absolute Gasteiger partial charge is 0.229 e. The van der Waals surface area contributed by atoms with Crippen LogP contribution in [0, 0.1) is 0 Å². The van der Waals surface area contributed by atoms with Crippen LogP contribution in [0.5, 0.6) is 5.75 Å². The van der Waals surface area contributed by atoms with Crippen LogP contribution in [0.1, 0.15) is 22.7 Å². The summed E-state index contributed by atoms with van der Waals surface area (Å²) < 4.78 is 32.9. The van der Waals surface area contributed by atoms with Gasteiger partial charge in [0.25, 0.3) is 0 Å². The van der Waals surface area contributed by atoms with Gasteiger partial charge in [0.05, 0.1) is 19.1 Å². The number of nitrogens with one attached hydrogen (secondary N) is 1. The Morgan fingerprint density at radius 3 is 2.32 bits per heavy atom. The molecule has 7 nitrogen and oxygen atoms in total. The molecule has 3 N–H and O–H groups in total. The summed E-state index contributed by atoms with van der Waals surface area (Å²) in [5, 5.41) is 0. The van der Waals surface area contributed by atoms with Crippen LogP contribution in [0.15, 0.2) is 79.0 Å². The highest BCUT2D eigenvalue weighted by molar-refractivity contribution is 7.92. The van der Waals surface area contributed by atoms with Crippen molar-refractivity contribution in [1.29, 1.82) is 0 Å². The Morgan fingerprint density at radius 1 is 1.03 bits per heavy atom. The first kappa shape index (κ1) is 23.4. The molecule has 0 aliphatic rings. The van der Waals surface area contributed by atoms with Crippen LogP contribution in [0.4, 0.5) is 11.6 Å². The van der Waals surface area contributed by atoms with Gasteiger partial charge in [-0.15, -0.1) is 0 Å². The Labute approximate surface area is 200 Å². The molecule has 1 unspecified atom stereocenters. The van der Waals surface area contributed by atoms with E-state index in [-0.39, 0.29) is 5.92 Å². The second-order valence-electron chi connectivity index (χ2n) is 8.32. The highest BCUT2D eigenvalue weighted by Crippen LogP contribution is 2.31. The van der Waals surface area contributed by atoms with Crippen LogP contribution < -0.4 is 15.2 Å². The summed E-state index contributed by atoms with van der Waals surface area (Å²) in [5.74, 6) is 1.27. The van der Waals surface area contributed by atoms with E-state index in [1.165, 1.54) is 0 Å². The molecule has 4 rings (SSSR count). The van der Waals surface area contributed by atoms with Gasteiger partial charge in [0.2, 0.25) is 10.0 Å². The van der Waals surface area contributed by atoms with Crippen molar-refractivity contribution in [3.8, 4) is 16.9 Å². The molecule has 0 saturated carbocycles. The number of nitrogens with two attached hydrogens (primary N) is 1. The number of nitrogens with zero attached hydrogens (tertiary/aromatic N) is 2. The Hall–Kier alpha value is -3.78. The van der Waals surface area contributed by atoms with E-state index in [9.17, 15) is 8.42 Å². The molecule has 1 aromatic heterocycles. The van der Waals surface area contributed by atoms with Crippen molar-refractivity contribution in [2.45, 2.75) is 12.3 Å². The molecular weight excluding hydrogens is 448 g/mol. The number of hydrogen-bond acceptors (Lipinski definition) is 5. The maximum Gasteiger partial charge on any atom is 0.229 e. The average molecular weight is 477 g/mol. The first-order chi connectivity index (χ1) is 16.2. The van der Waals surface area contributed by atoms with E-state index < -0.39 is 10.0 Å². The van der Waals surface area contributed by atoms with Gasteiger partial charge in [0, 0.05) is 24.8 Å². The Morgan fingerprint density at radius 2 is 1.71 bits per heavy atom. The molecule has 0 amide bonds. The fourth-order valence-electron chi connectivity index (χ4n) is 3.99. The van der Waals surface area contributed by atoms with E-state index >= 15 is 0 Å². The van der Waals surface area contributed by atoms with Gasteiger partial charge in [-0.2, -0.15) is 0 Å². The predicted molar refractivity (Wildman–Crippen MR) is 137 cm³/mol. The van der Waals surface area contributed by atoms with Crippen molar-refractivity contribution in [3.05, 3.63) is 95.8 Å². The number of sulfonamides is 1. The van der Waals surface area contributed by atoms with E-state index in [0.717, 1.165) is 46.4 Å². The third kappa shape index (κ3) is 5.58. The van der Waals surface area contributed by atoms with Crippen molar-refractivity contribution >= 4 is 21.7 Å². The zero-order valence-corrected chi connectivity index (χ0v) is 20.2.